The topological polar surface area (TPSA) is 67.5 Å². The van der Waals surface area contributed by atoms with Gasteiger partial charge in [-0.25, -0.2) is 0 Å². The molecule has 6 heteroatoms. The van der Waals surface area contributed by atoms with Gasteiger partial charge in [-0.1, -0.05) is 30.3 Å². The summed E-state index contributed by atoms with van der Waals surface area (Å²) in [6, 6.07) is 21.1. The predicted molar refractivity (Wildman–Crippen MR) is 129 cm³/mol. The van der Waals surface area contributed by atoms with Gasteiger partial charge in [-0.3, -0.25) is 9.59 Å². The molecule has 1 unspecified atom stereocenters. The highest BCUT2D eigenvalue weighted by Gasteiger charge is 2.22. The number of likely N-dealkylation sites (N-methyl/N-ethyl adjacent to an activating group) is 1. The summed E-state index contributed by atoms with van der Waals surface area (Å²) in [6.45, 7) is 2.37. The summed E-state index contributed by atoms with van der Waals surface area (Å²) >= 11 is 0. The van der Waals surface area contributed by atoms with E-state index in [1.807, 2.05) is 69.7 Å². The fraction of sp³-hybridized carbons (Fsp3) is 0.259. The van der Waals surface area contributed by atoms with Crippen molar-refractivity contribution in [2.75, 3.05) is 13.6 Å². The van der Waals surface area contributed by atoms with Gasteiger partial charge >= 0.3 is 0 Å². The average Bonchev–Trinajstić information content (AvgIpc) is 3.41. The maximum Gasteiger partial charge on any atom is 0.267 e. The maximum absolute atomic E-state index is 13.4. The van der Waals surface area contributed by atoms with Crippen molar-refractivity contribution >= 4 is 22.8 Å². The Morgan fingerprint density at radius 3 is 2.58 bits per heavy atom. The molecule has 4 aromatic rings. The first-order valence-corrected chi connectivity index (χ1v) is 11.1. The van der Waals surface area contributed by atoms with Crippen LogP contribution in [-0.4, -0.2) is 40.9 Å². The van der Waals surface area contributed by atoms with Crippen molar-refractivity contribution in [1.82, 2.24) is 14.8 Å². The number of aryl methyl sites for hydroxylation is 2. The van der Waals surface area contributed by atoms with Gasteiger partial charge in [0.05, 0.1) is 0 Å². The number of rotatable bonds is 8. The van der Waals surface area contributed by atoms with E-state index in [-0.39, 0.29) is 17.9 Å². The first-order chi connectivity index (χ1) is 15.9. The third-order valence-electron chi connectivity index (χ3n) is 6.01. The van der Waals surface area contributed by atoms with Gasteiger partial charge in [0, 0.05) is 43.8 Å². The molecule has 0 radical (unpaired) electrons. The lowest BCUT2D eigenvalue weighted by atomic mass is 10.0. The number of nitrogens with one attached hydrogen (secondary N) is 1. The fourth-order valence-corrected chi connectivity index (χ4v) is 4.14. The summed E-state index contributed by atoms with van der Waals surface area (Å²) in [5.41, 5.74) is 3.16. The number of carbonyl (C=O) groups excluding carboxylic acids is 2. The van der Waals surface area contributed by atoms with E-state index in [1.54, 1.807) is 21.6 Å². The third-order valence-corrected chi connectivity index (χ3v) is 6.01. The van der Waals surface area contributed by atoms with Crippen LogP contribution < -0.4 is 5.32 Å². The molecule has 0 aliphatic rings. The Balaban J connectivity index is 1.49. The van der Waals surface area contributed by atoms with Crippen molar-refractivity contribution in [3.63, 3.8) is 0 Å². The SMILES string of the molecule is Cc1cc2cc(C(=O)N(C)C(CCNC(=O)c3cccn3C)Cc3ccccc3)ccc2o1. The summed E-state index contributed by atoms with van der Waals surface area (Å²) in [6.07, 6.45) is 3.19. The summed E-state index contributed by atoms with van der Waals surface area (Å²) in [5.74, 6) is 0.653. The molecule has 0 spiro atoms. The normalized spacial score (nSPS) is 12.0. The number of benzene rings is 2. The summed E-state index contributed by atoms with van der Waals surface area (Å²) in [7, 11) is 3.68. The molecule has 0 saturated heterocycles. The van der Waals surface area contributed by atoms with Crippen molar-refractivity contribution in [3.8, 4) is 0 Å². The van der Waals surface area contributed by atoms with Crippen molar-refractivity contribution in [3.05, 3.63) is 95.5 Å². The summed E-state index contributed by atoms with van der Waals surface area (Å²) in [5, 5.41) is 3.91. The van der Waals surface area contributed by atoms with Crippen LogP contribution in [0.25, 0.3) is 11.0 Å². The van der Waals surface area contributed by atoms with Crippen LogP contribution in [-0.2, 0) is 13.5 Å². The first kappa shape index (κ1) is 22.4. The number of hydrogen-bond acceptors (Lipinski definition) is 3. The van der Waals surface area contributed by atoms with Crippen LogP contribution in [0, 0.1) is 6.92 Å². The fourth-order valence-electron chi connectivity index (χ4n) is 4.14. The second-order valence-corrected chi connectivity index (χ2v) is 8.42. The van der Waals surface area contributed by atoms with Crippen LogP contribution in [0.4, 0.5) is 0 Å². The molecule has 2 aromatic heterocycles. The smallest absolute Gasteiger partial charge is 0.267 e. The summed E-state index contributed by atoms with van der Waals surface area (Å²) < 4.78 is 7.43. The minimum Gasteiger partial charge on any atom is -0.461 e. The molecule has 1 N–H and O–H groups in total. The quantitative estimate of drug-likeness (QED) is 0.433. The van der Waals surface area contributed by atoms with Crippen molar-refractivity contribution < 1.29 is 14.0 Å². The number of amides is 2. The van der Waals surface area contributed by atoms with Gasteiger partial charge in [-0.05, 0) is 61.7 Å². The number of furan rings is 1. The van der Waals surface area contributed by atoms with E-state index in [0.29, 0.717) is 30.6 Å². The molecule has 4 rings (SSSR count). The second-order valence-electron chi connectivity index (χ2n) is 8.42. The van der Waals surface area contributed by atoms with Gasteiger partial charge in [0.2, 0.25) is 0 Å². The molecule has 6 nitrogen and oxygen atoms in total. The van der Waals surface area contributed by atoms with Gasteiger partial charge in [0.1, 0.15) is 17.0 Å². The standard InChI is InChI=1S/C27H29N3O3/c1-19-16-22-18-21(11-12-25(22)33-19)27(32)30(3)23(17-20-8-5-4-6-9-20)13-14-28-26(31)24-10-7-15-29(24)2/h4-12,15-16,18,23H,13-14,17H2,1-3H3,(H,28,31). The molecule has 0 fully saturated rings. The van der Waals surface area contributed by atoms with Gasteiger partial charge in [0.15, 0.2) is 0 Å². The van der Waals surface area contributed by atoms with Gasteiger partial charge in [-0.2, -0.15) is 0 Å². The van der Waals surface area contributed by atoms with E-state index < -0.39 is 0 Å². The minimum absolute atomic E-state index is 0.0505. The molecule has 2 heterocycles. The highest BCUT2D eigenvalue weighted by atomic mass is 16.3. The lowest BCUT2D eigenvalue weighted by Gasteiger charge is -2.29. The Bertz CT molecular complexity index is 1260. The number of aromatic nitrogens is 1. The monoisotopic (exact) mass is 443 g/mol. The Morgan fingerprint density at radius 2 is 1.85 bits per heavy atom. The third kappa shape index (κ3) is 5.17. The molecule has 0 aliphatic heterocycles. The highest BCUT2D eigenvalue weighted by molar-refractivity contribution is 5.98. The number of hydrogen-bond donors (Lipinski definition) is 1. The number of carbonyl (C=O) groups is 2. The minimum atomic E-state index is -0.115. The molecule has 33 heavy (non-hydrogen) atoms. The van der Waals surface area contributed by atoms with Crippen LogP contribution in [0.15, 0.2) is 77.3 Å². The molecule has 0 saturated carbocycles. The molecule has 0 bridgehead atoms. The van der Waals surface area contributed by atoms with Crippen LogP contribution in [0.1, 0.15) is 38.6 Å². The number of fused-ring (bicyclic) bond motifs is 1. The predicted octanol–water partition coefficient (Wildman–Crippen LogP) is 4.58. The van der Waals surface area contributed by atoms with Crippen molar-refractivity contribution in [2.24, 2.45) is 7.05 Å². The zero-order chi connectivity index (χ0) is 23.4. The van der Waals surface area contributed by atoms with E-state index in [1.165, 1.54) is 0 Å². The molecule has 0 aliphatic carbocycles. The summed E-state index contributed by atoms with van der Waals surface area (Å²) in [4.78, 5) is 27.6. The lowest BCUT2D eigenvalue weighted by molar-refractivity contribution is 0.0723. The molecule has 170 valence electrons. The largest absolute Gasteiger partial charge is 0.461 e. The molecule has 1 atom stereocenters. The van der Waals surface area contributed by atoms with Crippen LogP contribution in [0.5, 0.6) is 0 Å². The van der Waals surface area contributed by atoms with Crippen LogP contribution in [0.3, 0.4) is 0 Å². The zero-order valence-corrected chi connectivity index (χ0v) is 19.2. The van der Waals surface area contributed by atoms with Crippen molar-refractivity contribution in [1.29, 1.82) is 0 Å². The van der Waals surface area contributed by atoms with E-state index >= 15 is 0 Å². The Labute approximate surface area is 193 Å². The second kappa shape index (κ2) is 9.77. The van der Waals surface area contributed by atoms with Crippen LogP contribution in [0.2, 0.25) is 0 Å². The molecular weight excluding hydrogens is 414 g/mol. The van der Waals surface area contributed by atoms with Gasteiger partial charge < -0.3 is 19.2 Å². The molecular formula is C27H29N3O3. The van der Waals surface area contributed by atoms with Crippen LogP contribution >= 0.6 is 0 Å². The van der Waals surface area contributed by atoms with Gasteiger partial charge in [0.25, 0.3) is 11.8 Å². The Morgan fingerprint density at radius 1 is 1.06 bits per heavy atom. The number of nitrogens with zero attached hydrogens (tertiary/aromatic N) is 2. The van der Waals surface area contributed by atoms with E-state index in [9.17, 15) is 9.59 Å². The molecule has 2 aromatic carbocycles. The maximum atomic E-state index is 13.4. The zero-order valence-electron chi connectivity index (χ0n) is 19.2. The Kier molecular flexibility index (Phi) is 6.63. The highest BCUT2D eigenvalue weighted by Crippen LogP contribution is 2.22. The molecule has 2 amide bonds. The van der Waals surface area contributed by atoms with E-state index in [4.69, 9.17) is 4.42 Å². The first-order valence-electron chi connectivity index (χ1n) is 11.1. The van der Waals surface area contributed by atoms with E-state index in [0.717, 1.165) is 22.3 Å². The van der Waals surface area contributed by atoms with Crippen molar-refractivity contribution in [2.45, 2.75) is 25.8 Å². The van der Waals surface area contributed by atoms with Gasteiger partial charge in [-0.15, -0.1) is 0 Å². The lowest BCUT2D eigenvalue weighted by Crippen LogP contribution is -2.41. The Hall–Kier alpha value is -3.80. The van der Waals surface area contributed by atoms with E-state index in [2.05, 4.69) is 17.4 Å². The average molecular weight is 444 g/mol.